The fraction of sp³-hybridized carbons (Fsp3) is 0.538. The highest BCUT2D eigenvalue weighted by molar-refractivity contribution is 7.89. The lowest BCUT2D eigenvalue weighted by molar-refractivity contribution is -0.0498. The van der Waals surface area contributed by atoms with E-state index in [4.69, 9.17) is 11.6 Å². The molecule has 5 nitrogen and oxygen atoms in total. The third-order valence-corrected chi connectivity index (χ3v) is 5.11. The number of ether oxygens (including phenoxy) is 1. The van der Waals surface area contributed by atoms with Gasteiger partial charge in [-0.1, -0.05) is 11.6 Å². The first-order valence-corrected chi connectivity index (χ1v) is 8.69. The molecule has 0 saturated carbocycles. The van der Waals surface area contributed by atoms with Crippen LogP contribution in [0.25, 0.3) is 0 Å². The molecule has 0 radical (unpaired) electrons. The summed E-state index contributed by atoms with van der Waals surface area (Å²) in [7, 11) is -3.73. The van der Waals surface area contributed by atoms with Crippen molar-refractivity contribution in [1.82, 2.24) is 10.0 Å². The minimum absolute atomic E-state index is 0. The molecule has 0 aromatic heterocycles. The first-order chi connectivity index (χ1) is 10.4. The first-order valence-electron chi connectivity index (χ1n) is 6.83. The van der Waals surface area contributed by atoms with Crippen LogP contribution in [0.5, 0.6) is 5.75 Å². The Labute approximate surface area is 145 Å². The highest BCUT2D eigenvalue weighted by Gasteiger charge is 2.20. The Bertz CT molecular complexity index is 611. The zero-order valence-corrected chi connectivity index (χ0v) is 14.5. The Morgan fingerprint density at radius 1 is 1.43 bits per heavy atom. The van der Waals surface area contributed by atoms with Gasteiger partial charge in [-0.05, 0) is 50.0 Å². The number of halogens is 4. The predicted molar refractivity (Wildman–Crippen MR) is 86.1 cm³/mol. The molecule has 1 atom stereocenters. The summed E-state index contributed by atoms with van der Waals surface area (Å²) in [6, 6.07) is 3.40. The number of rotatable bonds is 6. The lowest BCUT2D eigenvalue weighted by Gasteiger charge is -2.22. The van der Waals surface area contributed by atoms with Gasteiger partial charge in [-0.15, -0.1) is 12.4 Å². The van der Waals surface area contributed by atoms with Crippen molar-refractivity contribution >= 4 is 34.0 Å². The first kappa shape index (κ1) is 20.4. The molecule has 0 amide bonds. The van der Waals surface area contributed by atoms with Gasteiger partial charge in [0.05, 0.1) is 9.92 Å². The molecule has 1 heterocycles. The van der Waals surface area contributed by atoms with Crippen LogP contribution in [0.2, 0.25) is 5.02 Å². The molecule has 23 heavy (non-hydrogen) atoms. The zero-order valence-electron chi connectivity index (χ0n) is 12.1. The molecule has 0 aliphatic carbocycles. The third kappa shape index (κ3) is 6.04. The van der Waals surface area contributed by atoms with Gasteiger partial charge in [-0.25, -0.2) is 13.1 Å². The van der Waals surface area contributed by atoms with Gasteiger partial charge >= 0.3 is 6.61 Å². The molecule has 1 aromatic carbocycles. The van der Waals surface area contributed by atoms with Crippen molar-refractivity contribution in [3.63, 3.8) is 0 Å². The van der Waals surface area contributed by atoms with Gasteiger partial charge in [-0.3, -0.25) is 0 Å². The SMILES string of the molecule is Cl.O=S(=O)(NCC1CCCNC1)c1ccc(OC(F)F)c(Cl)c1. The molecule has 10 heteroatoms. The number of piperidine rings is 1. The van der Waals surface area contributed by atoms with Gasteiger partial charge in [0.15, 0.2) is 0 Å². The van der Waals surface area contributed by atoms with Gasteiger partial charge in [0, 0.05) is 6.54 Å². The molecule has 1 aliphatic heterocycles. The molecule has 1 fully saturated rings. The van der Waals surface area contributed by atoms with Crippen molar-refractivity contribution in [2.24, 2.45) is 5.92 Å². The lowest BCUT2D eigenvalue weighted by Crippen LogP contribution is -2.38. The Balaban J connectivity index is 0.00000264. The summed E-state index contributed by atoms with van der Waals surface area (Å²) in [5, 5.41) is 3.02. The molecule has 1 unspecified atom stereocenters. The second kappa shape index (κ2) is 8.98. The molecule has 1 aromatic rings. The zero-order chi connectivity index (χ0) is 16.2. The van der Waals surface area contributed by atoms with E-state index in [9.17, 15) is 17.2 Å². The predicted octanol–water partition coefficient (Wildman–Crippen LogP) is 2.64. The Morgan fingerprint density at radius 2 is 2.17 bits per heavy atom. The molecular formula is C13H18Cl2F2N2O3S. The largest absolute Gasteiger partial charge is 0.433 e. The van der Waals surface area contributed by atoms with Crippen LogP contribution in [0.15, 0.2) is 23.1 Å². The van der Waals surface area contributed by atoms with Crippen LogP contribution in [0.3, 0.4) is 0 Å². The van der Waals surface area contributed by atoms with E-state index >= 15 is 0 Å². The highest BCUT2D eigenvalue weighted by Crippen LogP contribution is 2.28. The van der Waals surface area contributed by atoms with Gasteiger partial charge < -0.3 is 10.1 Å². The van der Waals surface area contributed by atoms with E-state index in [-0.39, 0.29) is 34.0 Å². The summed E-state index contributed by atoms with van der Waals surface area (Å²) in [5.74, 6) is -0.0208. The van der Waals surface area contributed by atoms with Crippen molar-refractivity contribution in [3.8, 4) is 5.75 Å². The summed E-state index contributed by atoms with van der Waals surface area (Å²) >= 11 is 5.77. The van der Waals surface area contributed by atoms with Crippen LogP contribution in [0, 0.1) is 5.92 Å². The second-order valence-corrected chi connectivity index (χ2v) is 7.21. The monoisotopic (exact) mass is 390 g/mol. The maximum absolute atomic E-state index is 12.2. The molecule has 0 bridgehead atoms. The molecule has 2 N–H and O–H groups in total. The molecule has 1 aliphatic rings. The average molecular weight is 391 g/mol. The summed E-state index contributed by atoms with van der Waals surface area (Å²) < 4.78 is 55.3. The highest BCUT2D eigenvalue weighted by atomic mass is 35.5. The van der Waals surface area contributed by atoms with Crippen molar-refractivity contribution < 1.29 is 21.9 Å². The molecule has 132 valence electrons. The van der Waals surface area contributed by atoms with Gasteiger partial charge in [0.1, 0.15) is 5.75 Å². The third-order valence-electron chi connectivity index (χ3n) is 3.39. The fourth-order valence-electron chi connectivity index (χ4n) is 2.25. The van der Waals surface area contributed by atoms with E-state index in [0.29, 0.717) is 6.54 Å². The molecular weight excluding hydrogens is 373 g/mol. The number of nitrogens with one attached hydrogen (secondary N) is 2. The average Bonchev–Trinajstić information content (AvgIpc) is 2.48. The summed E-state index contributed by atoms with van der Waals surface area (Å²) in [4.78, 5) is -0.0807. The Morgan fingerprint density at radius 3 is 2.74 bits per heavy atom. The summed E-state index contributed by atoms with van der Waals surface area (Å²) in [6.45, 7) is -0.978. The van der Waals surface area contributed by atoms with E-state index in [2.05, 4.69) is 14.8 Å². The van der Waals surface area contributed by atoms with Crippen LogP contribution >= 0.6 is 24.0 Å². The fourth-order valence-corrected chi connectivity index (χ4v) is 3.68. The van der Waals surface area contributed by atoms with Crippen molar-refractivity contribution in [2.75, 3.05) is 19.6 Å². The maximum Gasteiger partial charge on any atom is 0.387 e. The number of hydrogen-bond donors (Lipinski definition) is 2. The van der Waals surface area contributed by atoms with Gasteiger partial charge in [0.25, 0.3) is 0 Å². The minimum Gasteiger partial charge on any atom is -0.433 e. The van der Waals surface area contributed by atoms with Crippen molar-refractivity contribution in [3.05, 3.63) is 23.2 Å². The Hall–Kier alpha value is -0.670. The molecule has 1 saturated heterocycles. The number of hydrogen-bond acceptors (Lipinski definition) is 4. The van der Waals surface area contributed by atoms with E-state index in [1.54, 1.807) is 0 Å². The van der Waals surface area contributed by atoms with Gasteiger partial charge in [0.2, 0.25) is 10.0 Å². The standard InChI is InChI=1S/C13H17ClF2N2O3S.ClH/c14-11-6-10(3-4-12(11)21-13(15)16)22(19,20)18-8-9-2-1-5-17-7-9;/h3-4,6,9,13,17-18H,1-2,5,7-8H2;1H. The second-order valence-electron chi connectivity index (χ2n) is 5.04. The molecule has 2 rings (SSSR count). The van der Waals surface area contributed by atoms with E-state index < -0.39 is 16.6 Å². The number of sulfonamides is 1. The topological polar surface area (TPSA) is 67.4 Å². The van der Waals surface area contributed by atoms with Crippen LogP contribution in [-0.2, 0) is 10.0 Å². The van der Waals surface area contributed by atoms with E-state index in [1.807, 2.05) is 0 Å². The van der Waals surface area contributed by atoms with Crippen LogP contribution in [0.4, 0.5) is 8.78 Å². The summed E-state index contributed by atoms with van der Waals surface area (Å²) in [5.41, 5.74) is 0. The minimum atomic E-state index is -3.73. The number of benzene rings is 1. The smallest absolute Gasteiger partial charge is 0.387 e. The van der Waals surface area contributed by atoms with Crippen LogP contribution in [-0.4, -0.2) is 34.7 Å². The lowest BCUT2D eigenvalue weighted by atomic mass is 10.0. The quantitative estimate of drug-likeness (QED) is 0.783. The van der Waals surface area contributed by atoms with Crippen molar-refractivity contribution in [1.29, 1.82) is 0 Å². The van der Waals surface area contributed by atoms with Crippen molar-refractivity contribution in [2.45, 2.75) is 24.3 Å². The maximum atomic E-state index is 12.2. The summed E-state index contributed by atoms with van der Waals surface area (Å²) in [6.07, 6.45) is 1.97. The van der Waals surface area contributed by atoms with Crippen LogP contribution in [0.1, 0.15) is 12.8 Å². The normalized spacial score (nSPS) is 18.5. The Kier molecular flexibility index (Phi) is 7.96. The van der Waals surface area contributed by atoms with Crippen LogP contribution < -0.4 is 14.8 Å². The number of alkyl halides is 2. The molecule has 0 spiro atoms. The van der Waals surface area contributed by atoms with E-state index in [0.717, 1.165) is 38.1 Å². The van der Waals surface area contributed by atoms with E-state index in [1.165, 1.54) is 6.07 Å². The van der Waals surface area contributed by atoms with Gasteiger partial charge in [-0.2, -0.15) is 8.78 Å².